The maximum atomic E-state index is 12.5. The Morgan fingerprint density at radius 3 is 2.68 bits per heavy atom. The number of nitrogen functional groups attached to an aromatic ring is 1. The van der Waals surface area contributed by atoms with Gasteiger partial charge in [-0.25, -0.2) is 9.78 Å². The van der Waals surface area contributed by atoms with E-state index in [0.717, 1.165) is 15.7 Å². The number of fused-ring (bicyclic) bond motifs is 1. The van der Waals surface area contributed by atoms with E-state index in [1.807, 2.05) is 19.1 Å². The van der Waals surface area contributed by atoms with E-state index in [9.17, 15) is 14.4 Å². The van der Waals surface area contributed by atoms with Gasteiger partial charge >= 0.3 is 5.69 Å². The predicted octanol–water partition coefficient (Wildman–Crippen LogP) is 0.634. The smallest absolute Gasteiger partial charge is 0.332 e. The fraction of sp³-hybridized carbons (Fsp3) is 0.333. The Bertz CT molecular complexity index is 1280. The lowest BCUT2D eigenvalue weighted by Gasteiger charge is -2.13. The minimum absolute atomic E-state index is 0.0869. The second-order valence-electron chi connectivity index (χ2n) is 7.12. The van der Waals surface area contributed by atoms with Crippen LogP contribution in [0.1, 0.15) is 18.9 Å². The van der Waals surface area contributed by atoms with Crippen LogP contribution in [0.3, 0.4) is 0 Å². The number of hydrogen-bond acceptors (Lipinski definition) is 6. The summed E-state index contributed by atoms with van der Waals surface area (Å²) < 4.78 is 8.99. The highest BCUT2D eigenvalue weighted by atomic mass is 16.5. The van der Waals surface area contributed by atoms with Crippen LogP contribution in [-0.4, -0.2) is 38.2 Å². The summed E-state index contributed by atoms with van der Waals surface area (Å²) in [6.07, 6.45) is 3.91. The Kier molecular flexibility index (Phi) is 6.28. The van der Waals surface area contributed by atoms with Crippen molar-refractivity contribution in [1.29, 1.82) is 0 Å². The van der Waals surface area contributed by atoms with Crippen molar-refractivity contribution in [3.8, 4) is 5.75 Å². The number of anilines is 1. The van der Waals surface area contributed by atoms with Crippen LogP contribution in [0.4, 0.5) is 5.69 Å². The Morgan fingerprint density at radius 1 is 1.26 bits per heavy atom. The molecule has 0 bridgehead atoms. The molecule has 3 aromatic rings. The summed E-state index contributed by atoms with van der Waals surface area (Å²) in [5, 5.41) is 2.85. The second-order valence-corrected chi connectivity index (χ2v) is 7.12. The highest BCUT2D eigenvalue weighted by molar-refractivity contribution is 5.80. The number of aryl methyl sites for hydroxylation is 1. The van der Waals surface area contributed by atoms with Crippen LogP contribution in [0.25, 0.3) is 16.7 Å². The number of nitrogens with zero attached hydrogens (tertiary/aromatic N) is 4. The third-order valence-electron chi connectivity index (χ3n) is 5.20. The summed E-state index contributed by atoms with van der Waals surface area (Å²) in [5.74, 6) is 0.430. The molecule has 0 unspecified atom stereocenters. The number of benzene rings is 1. The molecule has 31 heavy (non-hydrogen) atoms. The van der Waals surface area contributed by atoms with Gasteiger partial charge in [-0.05, 0) is 37.1 Å². The number of ether oxygens (including phenoxy) is 1. The molecule has 1 amide bonds. The first-order chi connectivity index (χ1) is 14.8. The number of carbonyl (C=O) groups excluding carboxylic acids is 1. The summed E-state index contributed by atoms with van der Waals surface area (Å²) in [4.78, 5) is 41.1. The molecule has 1 aromatic carbocycles. The number of allylic oxidation sites excluding steroid dienone is 1. The molecule has 3 N–H and O–H groups in total. The molecule has 164 valence electrons. The van der Waals surface area contributed by atoms with Crippen molar-refractivity contribution in [3.63, 3.8) is 0 Å². The molecule has 3 rings (SSSR count). The van der Waals surface area contributed by atoms with Crippen molar-refractivity contribution >= 4 is 28.3 Å². The van der Waals surface area contributed by atoms with Crippen molar-refractivity contribution in [2.45, 2.75) is 19.9 Å². The molecule has 0 aliphatic heterocycles. The molecule has 10 heteroatoms. The first-order valence-electron chi connectivity index (χ1n) is 9.75. The van der Waals surface area contributed by atoms with Gasteiger partial charge in [0.15, 0.2) is 11.2 Å². The maximum absolute atomic E-state index is 12.5. The Morgan fingerprint density at radius 2 is 2.00 bits per heavy atom. The highest BCUT2D eigenvalue weighted by Crippen LogP contribution is 2.28. The van der Waals surface area contributed by atoms with Gasteiger partial charge in [0.05, 0.1) is 13.4 Å². The minimum atomic E-state index is -0.492. The van der Waals surface area contributed by atoms with E-state index in [0.29, 0.717) is 24.4 Å². The lowest BCUT2D eigenvalue weighted by Crippen LogP contribution is -2.38. The van der Waals surface area contributed by atoms with Crippen LogP contribution < -0.4 is 27.0 Å². The van der Waals surface area contributed by atoms with Gasteiger partial charge in [-0.1, -0.05) is 6.08 Å². The molecule has 0 saturated carbocycles. The van der Waals surface area contributed by atoms with E-state index in [2.05, 4.69) is 10.3 Å². The summed E-state index contributed by atoms with van der Waals surface area (Å²) >= 11 is 0. The van der Waals surface area contributed by atoms with Crippen molar-refractivity contribution < 1.29 is 9.53 Å². The third kappa shape index (κ3) is 4.23. The zero-order chi connectivity index (χ0) is 22.7. The summed E-state index contributed by atoms with van der Waals surface area (Å²) in [6, 6.07) is 5.45. The first kappa shape index (κ1) is 21.9. The van der Waals surface area contributed by atoms with Crippen LogP contribution in [0, 0.1) is 0 Å². The number of nitrogens with two attached hydrogens (primary N) is 1. The minimum Gasteiger partial charge on any atom is -0.497 e. The van der Waals surface area contributed by atoms with Crippen molar-refractivity contribution in [1.82, 2.24) is 24.0 Å². The molecule has 0 fully saturated rings. The summed E-state index contributed by atoms with van der Waals surface area (Å²) in [5.41, 5.74) is 8.05. The Hall–Kier alpha value is -3.82. The highest BCUT2D eigenvalue weighted by Gasteiger charge is 2.16. The number of rotatable bonds is 7. The molecule has 2 aromatic heterocycles. The van der Waals surface area contributed by atoms with Crippen LogP contribution in [-0.2, 0) is 25.4 Å². The van der Waals surface area contributed by atoms with Gasteiger partial charge < -0.3 is 20.4 Å². The second kappa shape index (κ2) is 8.90. The fourth-order valence-corrected chi connectivity index (χ4v) is 3.44. The number of carbonyl (C=O) groups is 1. The number of methoxy groups -OCH3 is 1. The van der Waals surface area contributed by atoms with E-state index < -0.39 is 11.2 Å². The van der Waals surface area contributed by atoms with Crippen molar-refractivity contribution in [2.24, 2.45) is 14.1 Å². The zero-order valence-electron chi connectivity index (χ0n) is 18.0. The van der Waals surface area contributed by atoms with Gasteiger partial charge in [0.25, 0.3) is 5.56 Å². The molecule has 2 heterocycles. The molecule has 0 spiro atoms. The van der Waals surface area contributed by atoms with E-state index in [1.54, 1.807) is 19.2 Å². The number of amides is 1. The number of hydrogen-bond donors (Lipinski definition) is 2. The van der Waals surface area contributed by atoms with Crippen molar-refractivity contribution in [3.05, 3.63) is 57.0 Å². The van der Waals surface area contributed by atoms with Crippen LogP contribution >= 0.6 is 0 Å². The fourth-order valence-electron chi connectivity index (χ4n) is 3.44. The van der Waals surface area contributed by atoms with Crippen LogP contribution in [0.5, 0.6) is 5.75 Å². The zero-order valence-corrected chi connectivity index (χ0v) is 18.0. The van der Waals surface area contributed by atoms with Gasteiger partial charge in [0.2, 0.25) is 5.91 Å². The molecule has 0 saturated heterocycles. The van der Waals surface area contributed by atoms with E-state index in [4.69, 9.17) is 10.5 Å². The van der Waals surface area contributed by atoms with Gasteiger partial charge in [0.1, 0.15) is 12.3 Å². The van der Waals surface area contributed by atoms with E-state index >= 15 is 0 Å². The quantitative estimate of drug-likeness (QED) is 0.534. The molecule has 0 aliphatic carbocycles. The lowest BCUT2D eigenvalue weighted by molar-refractivity contribution is -0.121. The van der Waals surface area contributed by atoms with Gasteiger partial charge in [0, 0.05) is 31.9 Å². The Labute approximate surface area is 178 Å². The van der Waals surface area contributed by atoms with E-state index in [-0.39, 0.29) is 23.6 Å². The number of nitrogens with one attached hydrogen (secondary N) is 1. The number of aromatic nitrogens is 4. The predicted molar refractivity (Wildman–Crippen MR) is 119 cm³/mol. The number of imidazole rings is 1. The topological polar surface area (TPSA) is 126 Å². The first-order valence-corrected chi connectivity index (χ1v) is 9.75. The normalized spacial score (nSPS) is 11.7. The molecule has 0 radical (unpaired) electrons. The molecule has 10 nitrogen and oxygen atoms in total. The SMILES string of the molecule is C/C=C(/CCNC(=O)Cn1cnc2c1c(=O)n(C)c(=O)n2C)c1cc(OC)ccc1N. The van der Waals surface area contributed by atoms with E-state index in [1.165, 1.54) is 29.6 Å². The molecular weight excluding hydrogens is 400 g/mol. The monoisotopic (exact) mass is 426 g/mol. The summed E-state index contributed by atoms with van der Waals surface area (Å²) in [6.45, 7) is 2.21. The van der Waals surface area contributed by atoms with Crippen LogP contribution in [0.2, 0.25) is 0 Å². The van der Waals surface area contributed by atoms with Gasteiger partial charge in [-0.15, -0.1) is 0 Å². The van der Waals surface area contributed by atoms with Gasteiger partial charge in [-0.2, -0.15) is 0 Å². The average molecular weight is 426 g/mol. The van der Waals surface area contributed by atoms with Crippen molar-refractivity contribution in [2.75, 3.05) is 19.4 Å². The molecular formula is C21H26N6O4. The molecule has 0 atom stereocenters. The van der Waals surface area contributed by atoms with Gasteiger partial charge in [-0.3, -0.25) is 18.7 Å². The molecule has 0 aliphatic rings. The Balaban J connectivity index is 1.70. The maximum Gasteiger partial charge on any atom is 0.332 e. The summed E-state index contributed by atoms with van der Waals surface area (Å²) in [7, 11) is 4.52. The third-order valence-corrected chi connectivity index (χ3v) is 5.20. The van der Waals surface area contributed by atoms with Crippen LogP contribution in [0.15, 0.2) is 40.2 Å². The lowest BCUT2D eigenvalue weighted by atomic mass is 10.0. The average Bonchev–Trinajstić information content (AvgIpc) is 3.18. The standard InChI is InChI=1S/C21H26N6O4/c1-5-13(15-10-14(31-4)6-7-16(15)22)8-9-23-17(28)11-27-12-24-19-18(27)20(29)26(3)21(30)25(19)2/h5-7,10,12H,8-9,11,22H2,1-4H3,(H,23,28)/b13-5-. The largest absolute Gasteiger partial charge is 0.497 e.